The van der Waals surface area contributed by atoms with Crippen LogP contribution in [0.1, 0.15) is 44.2 Å². The molecule has 0 heterocycles. The predicted molar refractivity (Wildman–Crippen MR) is 83.9 cm³/mol. The molecule has 118 valence electrons. The topological polar surface area (TPSA) is 50.7 Å². The first-order valence-electron chi connectivity index (χ1n) is 7.77. The molecule has 2 N–H and O–H groups in total. The minimum Gasteiger partial charge on any atom is -0.497 e. The monoisotopic (exact) mass is 293 g/mol. The van der Waals surface area contributed by atoms with Gasteiger partial charge in [0.05, 0.1) is 20.3 Å². The van der Waals surface area contributed by atoms with Crippen LogP contribution in [0.15, 0.2) is 18.2 Å². The zero-order valence-electron chi connectivity index (χ0n) is 13.3. The third-order valence-electron chi connectivity index (χ3n) is 4.37. The summed E-state index contributed by atoms with van der Waals surface area (Å²) in [4.78, 5) is 0. The van der Waals surface area contributed by atoms with E-state index in [4.69, 9.17) is 9.47 Å². The van der Waals surface area contributed by atoms with Crippen molar-refractivity contribution >= 4 is 0 Å². The molecule has 21 heavy (non-hydrogen) atoms. The molecule has 1 aromatic rings. The molecule has 0 amide bonds. The van der Waals surface area contributed by atoms with Gasteiger partial charge in [-0.1, -0.05) is 6.42 Å². The molecular formula is C17H27NO3. The van der Waals surface area contributed by atoms with Gasteiger partial charge in [0.15, 0.2) is 0 Å². The van der Waals surface area contributed by atoms with Gasteiger partial charge in [0.2, 0.25) is 0 Å². The van der Waals surface area contributed by atoms with E-state index in [0.717, 1.165) is 42.9 Å². The lowest BCUT2D eigenvalue weighted by Gasteiger charge is -2.27. The van der Waals surface area contributed by atoms with Gasteiger partial charge in [0.1, 0.15) is 11.5 Å². The lowest BCUT2D eigenvalue weighted by atomic mass is 9.87. The number of nitrogens with one attached hydrogen (secondary N) is 1. The smallest absolute Gasteiger partial charge is 0.123 e. The quantitative estimate of drug-likeness (QED) is 0.847. The summed E-state index contributed by atoms with van der Waals surface area (Å²) < 4.78 is 10.7. The standard InChI is InChI=1S/C17H27NO3/c1-12(18-11-13-5-4-6-14(19)9-13)16-10-15(20-2)7-8-17(16)21-3/h7-8,10,12-14,18-19H,4-6,9,11H2,1-3H3. The second-order valence-corrected chi connectivity index (χ2v) is 5.92. The molecule has 1 aliphatic rings. The first-order valence-corrected chi connectivity index (χ1v) is 7.77. The molecule has 3 unspecified atom stereocenters. The fourth-order valence-electron chi connectivity index (χ4n) is 3.08. The van der Waals surface area contributed by atoms with Gasteiger partial charge in [-0.25, -0.2) is 0 Å². The molecule has 0 spiro atoms. The Morgan fingerprint density at radius 3 is 2.76 bits per heavy atom. The Labute approximate surface area is 127 Å². The molecule has 3 atom stereocenters. The van der Waals surface area contributed by atoms with E-state index in [1.165, 1.54) is 6.42 Å². The van der Waals surface area contributed by atoms with E-state index < -0.39 is 0 Å². The minimum atomic E-state index is -0.118. The largest absolute Gasteiger partial charge is 0.497 e. The van der Waals surface area contributed by atoms with E-state index in [1.54, 1.807) is 14.2 Å². The van der Waals surface area contributed by atoms with Gasteiger partial charge in [-0.05, 0) is 56.8 Å². The number of benzene rings is 1. The number of hydrogen-bond donors (Lipinski definition) is 2. The highest BCUT2D eigenvalue weighted by molar-refractivity contribution is 5.42. The van der Waals surface area contributed by atoms with Crippen LogP contribution < -0.4 is 14.8 Å². The maximum absolute atomic E-state index is 9.75. The summed E-state index contributed by atoms with van der Waals surface area (Å²) in [5, 5.41) is 13.3. The van der Waals surface area contributed by atoms with Gasteiger partial charge in [0, 0.05) is 11.6 Å². The molecule has 0 aliphatic heterocycles. The van der Waals surface area contributed by atoms with Crippen LogP contribution in [0.2, 0.25) is 0 Å². The molecule has 2 rings (SSSR count). The second kappa shape index (κ2) is 7.66. The van der Waals surface area contributed by atoms with Gasteiger partial charge < -0.3 is 19.9 Å². The van der Waals surface area contributed by atoms with Gasteiger partial charge in [-0.3, -0.25) is 0 Å². The minimum absolute atomic E-state index is 0.118. The first-order chi connectivity index (χ1) is 10.1. The van der Waals surface area contributed by atoms with E-state index in [9.17, 15) is 5.11 Å². The van der Waals surface area contributed by atoms with Crippen molar-refractivity contribution in [1.82, 2.24) is 5.32 Å². The van der Waals surface area contributed by atoms with Crippen LogP contribution in [-0.2, 0) is 0 Å². The van der Waals surface area contributed by atoms with Crippen LogP contribution in [0.3, 0.4) is 0 Å². The van der Waals surface area contributed by atoms with Crippen molar-refractivity contribution in [2.45, 2.75) is 44.8 Å². The highest BCUT2D eigenvalue weighted by atomic mass is 16.5. The second-order valence-electron chi connectivity index (χ2n) is 5.92. The molecule has 0 aromatic heterocycles. The SMILES string of the molecule is COc1ccc(OC)c(C(C)NCC2CCCC(O)C2)c1. The van der Waals surface area contributed by atoms with Crippen molar-refractivity contribution < 1.29 is 14.6 Å². The molecule has 1 aliphatic carbocycles. The molecule has 1 fully saturated rings. The van der Waals surface area contributed by atoms with E-state index in [2.05, 4.69) is 12.2 Å². The molecule has 4 heteroatoms. The van der Waals surface area contributed by atoms with Crippen LogP contribution in [0.4, 0.5) is 0 Å². The number of methoxy groups -OCH3 is 2. The lowest BCUT2D eigenvalue weighted by Crippen LogP contribution is -2.30. The Morgan fingerprint density at radius 1 is 1.29 bits per heavy atom. The third kappa shape index (κ3) is 4.35. The van der Waals surface area contributed by atoms with E-state index in [0.29, 0.717) is 5.92 Å². The van der Waals surface area contributed by atoms with Gasteiger partial charge in [0.25, 0.3) is 0 Å². The van der Waals surface area contributed by atoms with Crippen molar-refractivity contribution in [3.05, 3.63) is 23.8 Å². The maximum atomic E-state index is 9.75. The number of rotatable bonds is 6. The van der Waals surface area contributed by atoms with Crippen LogP contribution >= 0.6 is 0 Å². The summed E-state index contributed by atoms with van der Waals surface area (Å²) >= 11 is 0. The summed E-state index contributed by atoms with van der Waals surface area (Å²) in [5.41, 5.74) is 1.10. The Morgan fingerprint density at radius 2 is 2.10 bits per heavy atom. The molecular weight excluding hydrogens is 266 g/mol. The van der Waals surface area contributed by atoms with Crippen molar-refractivity contribution in [3.8, 4) is 11.5 Å². The van der Waals surface area contributed by atoms with E-state index in [-0.39, 0.29) is 12.1 Å². The van der Waals surface area contributed by atoms with E-state index in [1.807, 2.05) is 18.2 Å². The highest BCUT2D eigenvalue weighted by Gasteiger charge is 2.21. The van der Waals surface area contributed by atoms with Crippen molar-refractivity contribution in [2.24, 2.45) is 5.92 Å². The normalized spacial score (nSPS) is 23.6. The zero-order valence-corrected chi connectivity index (χ0v) is 13.3. The Bertz CT molecular complexity index is 450. The van der Waals surface area contributed by atoms with Crippen molar-refractivity contribution in [2.75, 3.05) is 20.8 Å². The Balaban J connectivity index is 1.97. The number of aliphatic hydroxyl groups is 1. The average molecular weight is 293 g/mol. The molecule has 0 bridgehead atoms. The Kier molecular flexibility index (Phi) is 5.88. The first kappa shape index (κ1) is 16.1. The Hall–Kier alpha value is -1.26. The molecule has 0 saturated heterocycles. The molecule has 1 aromatic carbocycles. The fourth-order valence-corrected chi connectivity index (χ4v) is 3.08. The van der Waals surface area contributed by atoms with E-state index >= 15 is 0 Å². The predicted octanol–water partition coefficient (Wildman–Crippen LogP) is 2.91. The molecule has 1 saturated carbocycles. The van der Waals surface area contributed by atoms with Crippen LogP contribution in [0, 0.1) is 5.92 Å². The summed E-state index contributed by atoms with van der Waals surface area (Å²) in [5.74, 6) is 2.28. The number of aliphatic hydroxyl groups excluding tert-OH is 1. The zero-order chi connectivity index (χ0) is 15.2. The summed E-state index contributed by atoms with van der Waals surface area (Å²) in [6.07, 6.45) is 4.08. The van der Waals surface area contributed by atoms with Gasteiger partial charge in [-0.2, -0.15) is 0 Å². The van der Waals surface area contributed by atoms with Crippen molar-refractivity contribution in [1.29, 1.82) is 0 Å². The highest BCUT2D eigenvalue weighted by Crippen LogP contribution is 2.30. The fraction of sp³-hybridized carbons (Fsp3) is 0.647. The summed E-state index contributed by atoms with van der Waals surface area (Å²) in [7, 11) is 3.36. The number of ether oxygens (including phenoxy) is 2. The maximum Gasteiger partial charge on any atom is 0.123 e. The average Bonchev–Trinajstić information content (AvgIpc) is 2.52. The van der Waals surface area contributed by atoms with Crippen LogP contribution in [-0.4, -0.2) is 32.0 Å². The lowest BCUT2D eigenvalue weighted by molar-refractivity contribution is 0.0997. The van der Waals surface area contributed by atoms with Crippen LogP contribution in [0.5, 0.6) is 11.5 Å². The summed E-state index contributed by atoms with van der Waals surface area (Å²) in [6, 6.07) is 6.06. The van der Waals surface area contributed by atoms with Gasteiger partial charge in [-0.15, -0.1) is 0 Å². The van der Waals surface area contributed by atoms with Gasteiger partial charge >= 0.3 is 0 Å². The third-order valence-corrected chi connectivity index (χ3v) is 4.37. The molecule has 4 nitrogen and oxygen atoms in total. The molecule has 0 radical (unpaired) electrons. The summed E-state index contributed by atoms with van der Waals surface area (Å²) in [6.45, 7) is 3.06. The van der Waals surface area contributed by atoms with Crippen LogP contribution in [0.25, 0.3) is 0 Å². The number of hydrogen-bond acceptors (Lipinski definition) is 4. The van der Waals surface area contributed by atoms with Crippen molar-refractivity contribution in [3.63, 3.8) is 0 Å².